The first-order valence-corrected chi connectivity index (χ1v) is 8.09. The van der Waals surface area contributed by atoms with Crippen LogP contribution in [-0.2, 0) is 6.54 Å². The molecule has 3 aromatic rings. The molecule has 0 radical (unpaired) electrons. The molecule has 0 aliphatic rings. The van der Waals surface area contributed by atoms with E-state index in [0.29, 0.717) is 12.1 Å². The van der Waals surface area contributed by atoms with E-state index in [2.05, 4.69) is 20.6 Å². The van der Waals surface area contributed by atoms with Gasteiger partial charge in [0.2, 0.25) is 0 Å². The minimum Gasteiger partial charge on any atom is -0.380 e. The molecule has 2 N–H and O–H groups in total. The van der Waals surface area contributed by atoms with E-state index in [9.17, 15) is 4.79 Å². The summed E-state index contributed by atoms with van der Waals surface area (Å²) in [6.07, 6.45) is 6.81. The zero-order valence-corrected chi connectivity index (χ0v) is 14.3. The summed E-state index contributed by atoms with van der Waals surface area (Å²) >= 11 is 0. The number of aromatic nitrogens is 2. The predicted molar refractivity (Wildman–Crippen MR) is 99.7 cm³/mol. The minimum atomic E-state index is -0.171. The molecule has 0 unspecified atom stereocenters. The van der Waals surface area contributed by atoms with Gasteiger partial charge in [-0.1, -0.05) is 24.3 Å². The molecule has 2 aromatic heterocycles. The first-order valence-electron chi connectivity index (χ1n) is 8.09. The number of hydrogen-bond acceptors (Lipinski definition) is 4. The summed E-state index contributed by atoms with van der Waals surface area (Å²) in [6.45, 7) is 4.58. The van der Waals surface area contributed by atoms with Crippen LogP contribution in [0.5, 0.6) is 0 Å². The Labute approximate surface area is 147 Å². The molecule has 5 heteroatoms. The maximum atomic E-state index is 12.6. The van der Waals surface area contributed by atoms with Gasteiger partial charge >= 0.3 is 0 Å². The molecule has 25 heavy (non-hydrogen) atoms. The number of para-hydroxylation sites is 1. The van der Waals surface area contributed by atoms with Gasteiger partial charge in [-0.25, -0.2) is 0 Å². The summed E-state index contributed by atoms with van der Waals surface area (Å²) in [5, 5.41) is 6.24. The van der Waals surface area contributed by atoms with Crippen molar-refractivity contribution >= 4 is 17.3 Å². The number of carbonyl (C=O) groups excluding carboxylic acids is 1. The lowest BCUT2D eigenvalue weighted by Gasteiger charge is -2.12. The Morgan fingerprint density at radius 3 is 2.52 bits per heavy atom. The molecule has 3 rings (SSSR count). The largest absolute Gasteiger partial charge is 0.380 e. The zero-order chi connectivity index (χ0) is 17.6. The van der Waals surface area contributed by atoms with Crippen molar-refractivity contribution in [2.45, 2.75) is 20.4 Å². The van der Waals surface area contributed by atoms with Crippen LogP contribution in [0.25, 0.3) is 0 Å². The van der Waals surface area contributed by atoms with E-state index in [-0.39, 0.29) is 5.91 Å². The van der Waals surface area contributed by atoms with Gasteiger partial charge in [0, 0.05) is 37.0 Å². The summed E-state index contributed by atoms with van der Waals surface area (Å²) in [5.74, 6) is -0.171. The minimum absolute atomic E-state index is 0.171. The van der Waals surface area contributed by atoms with E-state index >= 15 is 0 Å². The van der Waals surface area contributed by atoms with Crippen LogP contribution in [0.1, 0.15) is 27.0 Å². The molecule has 126 valence electrons. The predicted octanol–water partition coefficient (Wildman–Crippen LogP) is 3.96. The Hall–Kier alpha value is -3.21. The van der Waals surface area contributed by atoms with Gasteiger partial charge in [0.15, 0.2) is 0 Å². The Balaban J connectivity index is 1.71. The van der Waals surface area contributed by atoms with Gasteiger partial charge in [0.05, 0.1) is 11.3 Å². The van der Waals surface area contributed by atoms with Crippen molar-refractivity contribution in [1.29, 1.82) is 0 Å². The summed E-state index contributed by atoms with van der Waals surface area (Å²) in [5.41, 5.74) is 5.28. The van der Waals surface area contributed by atoms with Crippen LogP contribution >= 0.6 is 0 Å². The second-order valence-electron chi connectivity index (χ2n) is 5.90. The SMILES string of the molecule is Cc1cccc(C)c1NC(=O)c1cncc(NCc2cccnc2)c1. The van der Waals surface area contributed by atoms with Gasteiger partial charge in [-0.05, 0) is 42.7 Å². The number of nitrogens with one attached hydrogen (secondary N) is 2. The number of anilines is 2. The standard InChI is InChI=1S/C20H20N4O/c1-14-5-3-6-15(2)19(14)24-20(25)17-9-18(13-22-12-17)23-11-16-7-4-8-21-10-16/h3-10,12-13,23H,11H2,1-2H3,(H,24,25). The third kappa shape index (κ3) is 4.20. The fourth-order valence-electron chi connectivity index (χ4n) is 2.56. The van der Waals surface area contributed by atoms with Crippen molar-refractivity contribution in [3.8, 4) is 0 Å². The van der Waals surface area contributed by atoms with Gasteiger partial charge in [-0.2, -0.15) is 0 Å². The number of rotatable bonds is 5. The van der Waals surface area contributed by atoms with Crippen LogP contribution in [0.3, 0.4) is 0 Å². The van der Waals surface area contributed by atoms with Crippen molar-refractivity contribution in [3.05, 3.63) is 83.4 Å². The fraction of sp³-hybridized carbons (Fsp3) is 0.150. The molecule has 1 aromatic carbocycles. The fourth-order valence-corrected chi connectivity index (χ4v) is 2.56. The van der Waals surface area contributed by atoms with Gasteiger partial charge in [-0.3, -0.25) is 14.8 Å². The summed E-state index contributed by atoms with van der Waals surface area (Å²) in [7, 11) is 0. The van der Waals surface area contributed by atoms with Gasteiger partial charge < -0.3 is 10.6 Å². The molecule has 2 heterocycles. The third-order valence-corrected chi connectivity index (χ3v) is 3.94. The molecule has 0 atom stereocenters. The molecule has 0 bridgehead atoms. The average molecular weight is 332 g/mol. The summed E-state index contributed by atoms with van der Waals surface area (Å²) in [4.78, 5) is 20.8. The van der Waals surface area contributed by atoms with Gasteiger partial charge in [0.1, 0.15) is 0 Å². The number of amides is 1. The Bertz CT molecular complexity index is 858. The van der Waals surface area contributed by atoms with E-state index in [4.69, 9.17) is 0 Å². The third-order valence-electron chi connectivity index (χ3n) is 3.94. The van der Waals surface area contributed by atoms with Crippen LogP contribution in [0, 0.1) is 13.8 Å². The number of pyridine rings is 2. The molecular formula is C20H20N4O. The maximum Gasteiger partial charge on any atom is 0.257 e. The van der Waals surface area contributed by atoms with E-state index in [1.165, 1.54) is 0 Å². The number of carbonyl (C=O) groups is 1. The molecule has 0 saturated heterocycles. The molecule has 0 aliphatic carbocycles. The molecule has 0 aliphatic heterocycles. The topological polar surface area (TPSA) is 66.9 Å². The number of hydrogen-bond donors (Lipinski definition) is 2. The van der Waals surface area contributed by atoms with Crippen LogP contribution in [0.2, 0.25) is 0 Å². The van der Waals surface area contributed by atoms with Gasteiger partial charge in [0.25, 0.3) is 5.91 Å². The lowest BCUT2D eigenvalue weighted by molar-refractivity contribution is 0.102. The quantitative estimate of drug-likeness (QED) is 0.742. The van der Waals surface area contributed by atoms with Crippen molar-refractivity contribution in [3.63, 3.8) is 0 Å². The number of nitrogens with zero attached hydrogens (tertiary/aromatic N) is 2. The second kappa shape index (κ2) is 7.57. The number of benzene rings is 1. The summed E-state index contributed by atoms with van der Waals surface area (Å²) < 4.78 is 0. The molecule has 5 nitrogen and oxygen atoms in total. The number of aryl methyl sites for hydroxylation is 2. The zero-order valence-electron chi connectivity index (χ0n) is 14.3. The Kier molecular flexibility index (Phi) is 5.04. The van der Waals surface area contributed by atoms with E-state index in [0.717, 1.165) is 28.1 Å². The van der Waals surface area contributed by atoms with E-state index in [1.807, 2.05) is 44.2 Å². The summed E-state index contributed by atoms with van der Waals surface area (Å²) in [6, 6.07) is 11.6. The lowest BCUT2D eigenvalue weighted by atomic mass is 10.1. The van der Waals surface area contributed by atoms with Gasteiger partial charge in [-0.15, -0.1) is 0 Å². The first kappa shape index (κ1) is 16.6. The van der Waals surface area contributed by atoms with E-state index < -0.39 is 0 Å². The van der Waals surface area contributed by atoms with Crippen LogP contribution in [-0.4, -0.2) is 15.9 Å². The highest BCUT2D eigenvalue weighted by Crippen LogP contribution is 2.20. The first-order chi connectivity index (χ1) is 12.1. The van der Waals surface area contributed by atoms with Crippen molar-refractivity contribution in [2.75, 3.05) is 10.6 Å². The normalized spacial score (nSPS) is 10.3. The maximum absolute atomic E-state index is 12.6. The van der Waals surface area contributed by atoms with Crippen LogP contribution in [0.15, 0.2) is 61.2 Å². The molecule has 0 fully saturated rings. The van der Waals surface area contributed by atoms with E-state index in [1.54, 1.807) is 30.9 Å². The molecule has 1 amide bonds. The molecule has 0 spiro atoms. The smallest absolute Gasteiger partial charge is 0.257 e. The van der Waals surface area contributed by atoms with Crippen molar-refractivity contribution < 1.29 is 4.79 Å². The highest BCUT2D eigenvalue weighted by molar-refractivity contribution is 6.05. The highest BCUT2D eigenvalue weighted by Gasteiger charge is 2.10. The van der Waals surface area contributed by atoms with Crippen molar-refractivity contribution in [1.82, 2.24) is 9.97 Å². The van der Waals surface area contributed by atoms with Crippen LogP contribution < -0.4 is 10.6 Å². The second-order valence-corrected chi connectivity index (χ2v) is 5.90. The molecule has 0 saturated carbocycles. The molecular weight excluding hydrogens is 312 g/mol. The average Bonchev–Trinajstić information content (AvgIpc) is 2.64. The Morgan fingerprint density at radius 2 is 1.80 bits per heavy atom. The van der Waals surface area contributed by atoms with Crippen LogP contribution in [0.4, 0.5) is 11.4 Å². The van der Waals surface area contributed by atoms with Crippen molar-refractivity contribution in [2.24, 2.45) is 0 Å². The monoisotopic (exact) mass is 332 g/mol. The Morgan fingerprint density at radius 1 is 1.00 bits per heavy atom. The highest BCUT2D eigenvalue weighted by atomic mass is 16.1. The lowest BCUT2D eigenvalue weighted by Crippen LogP contribution is -2.14.